The first-order valence-electron chi connectivity index (χ1n) is 10.7. The highest BCUT2D eigenvalue weighted by molar-refractivity contribution is 6.35. The molecule has 0 saturated carbocycles. The highest BCUT2D eigenvalue weighted by atomic mass is 35.5. The molecule has 3 rings (SSSR count). The van der Waals surface area contributed by atoms with E-state index in [1.165, 1.54) is 0 Å². The topological polar surface area (TPSA) is 103 Å². The molecule has 0 radical (unpaired) electrons. The summed E-state index contributed by atoms with van der Waals surface area (Å²) in [4.78, 5) is 14.7. The van der Waals surface area contributed by atoms with Crippen LogP contribution >= 0.6 is 23.2 Å². The molecule has 1 amide bonds. The number of halogens is 2. The number of nitrogens with zero attached hydrogens (tertiary/aromatic N) is 1. The number of rotatable bonds is 9. The second kappa shape index (κ2) is 11.7. The van der Waals surface area contributed by atoms with Gasteiger partial charge < -0.3 is 26.3 Å². The molecule has 2 aromatic rings. The first kappa shape index (κ1) is 24.6. The van der Waals surface area contributed by atoms with Gasteiger partial charge in [0.2, 0.25) is 0 Å². The third-order valence-electron chi connectivity index (χ3n) is 5.69. The summed E-state index contributed by atoms with van der Waals surface area (Å²) in [5, 5.41) is 4.21. The fourth-order valence-corrected chi connectivity index (χ4v) is 4.22. The van der Waals surface area contributed by atoms with E-state index in [1.807, 2.05) is 11.0 Å². The van der Waals surface area contributed by atoms with Crippen molar-refractivity contribution in [2.45, 2.75) is 25.6 Å². The van der Waals surface area contributed by atoms with Gasteiger partial charge >= 0.3 is 0 Å². The molecule has 1 heterocycles. The molecule has 0 aliphatic carbocycles. The fraction of sp³-hybridized carbons (Fsp3) is 0.435. The van der Waals surface area contributed by atoms with Crippen LogP contribution in [-0.2, 0) is 6.42 Å². The van der Waals surface area contributed by atoms with Crippen molar-refractivity contribution in [2.24, 2.45) is 17.4 Å². The number of carbonyl (C=O) groups excluding carboxylic acids is 1. The van der Waals surface area contributed by atoms with Crippen molar-refractivity contribution < 1.29 is 14.3 Å². The minimum Gasteiger partial charge on any atom is -0.493 e. The van der Waals surface area contributed by atoms with Crippen LogP contribution in [0.5, 0.6) is 11.5 Å². The van der Waals surface area contributed by atoms with Gasteiger partial charge in [-0.25, -0.2) is 0 Å². The molecule has 0 bridgehead atoms. The first-order chi connectivity index (χ1) is 15.4. The van der Waals surface area contributed by atoms with E-state index in [-0.39, 0.29) is 5.91 Å². The minimum atomic E-state index is -0.418. The molecule has 7 nitrogen and oxygen atoms in total. The van der Waals surface area contributed by atoms with Crippen molar-refractivity contribution in [1.29, 1.82) is 0 Å². The molecule has 0 aromatic heterocycles. The summed E-state index contributed by atoms with van der Waals surface area (Å²) in [5.74, 6) is 1.34. The lowest BCUT2D eigenvalue weighted by Gasteiger charge is -2.34. The summed E-state index contributed by atoms with van der Waals surface area (Å²) in [5.41, 5.74) is 12.9. The summed E-state index contributed by atoms with van der Waals surface area (Å²) >= 11 is 12.2. The molecule has 174 valence electrons. The Bertz CT molecular complexity index is 918. The molecule has 0 unspecified atom stereocenters. The van der Waals surface area contributed by atoms with Gasteiger partial charge in [0.1, 0.15) is 6.29 Å². The van der Waals surface area contributed by atoms with Gasteiger partial charge in [0.25, 0.3) is 5.91 Å². The molecule has 5 N–H and O–H groups in total. The average molecular weight is 481 g/mol. The molecule has 32 heavy (non-hydrogen) atoms. The van der Waals surface area contributed by atoms with Gasteiger partial charge in [0, 0.05) is 41.7 Å². The van der Waals surface area contributed by atoms with E-state index in [1.54, 1.807) is 37.4 Å². The van der Waals surface area contributed by atoms with Gasteiger partial charge in [-0.3, -0.25) is 9.69 Å². The molecule has 1 fully saturated rings. The van der Waals surface area contributed by atoms with E-state index in [0.717, 1.165) is 31.5 Å². The van der Waals surface area contributed by atoms with Crippen molar-refractivity contribution in [3.8, 4) is 11.5 Å². The third-order valence-corrected chi connectivity index (χ3v) is 6.28. The molecule has 0 atom stereocenters. The Labute approximate surface area is 198 Å². The number of piperidine rings is 1. The molecule has 9 heteroatoms. The largest absolute Gasteiger partial charge is 0.493 e. The molecule has 1 saturated heterocycles. The molecule has 1 aliphatic rings. The number of amides is 1. The molecule has 2 aromatic carbocycles. The van der Waals surface area contributed by atoms with Gasteiger partial charge in [0.15, 0.2) is 11.5 Å². The number of benzene rings is 2. The van der Waals surface area contributed by atoms with Crippen LogP contribution in [0.25, 0.3) is 0 Å². The Hall–Kier alpha value is -2.03. The summed E-state index contributed by atoms with van der Waals surface area (Å²) in [6.45, 7) is 2.68. The predicted molar refractivity (Wildman–Crippen MR) is 127 cm³/mol. The van der Waals surface area contributed by atoms with Crippen LogP contribution < -0.4 is 26.3 Å². The van der Waals surface area contributed by atoms with E-state index < -0.39 is 6.29 Å². The standard InChI is InChI=1S/C23H30Cl2N4O3/c1-31-20-5-3-17(22(30)28-14-15-6-9-29(10-7-15)23(26)27)12-21(20)32-11-8-16-2-4-18(24)13-19(16)25/h2-5,12-13,15,23H,6-11,14,26-27H2,1H3,(H,28,30). The van der Waals surface area contributed by atoms with Gasteiger partial charge in [0.05, 0.1) is 13.7 Å². The predicted octanol–water partition coefficient (Wildman–Crippen LogP) is 3.27. The minimum absolute atomic E-state index is 0.142. The second-order valence-corrected chi connectivity index (χ2v) is 8.72. The van der Waals surface area contributed by atoms with Crippen LogP contribution in [-0.4, -0.2) is 50.4 Å². The lowest BCUT2D eigenvalue weighted by atomic mass is 9.96. The molecule has 0 spiro atoms. The Balaban J connectivity index is 1.54. The summed E-state index contributed by atoms with van der Waals surface area (Å²) in [6, 6.07) is 10.5. The summed E-state index contributed by atoms with van der Waals surface area (Å²) in [6.07, 6.45) is 2.09. The van der Waals surface area contributed by atoms with Crippen molar-refractivity contribution in [3.63, 3.8) is 0 Å². The number of methoxy groups -OCH3 is 1. The maximum Gasteiger partial charge on any atom is 0.251 e. The van der Waals surface area contributed by atoms with Crippen molar-refractivity contribution in [1.82, 2.24) is 10.2 Å². The molecular weight excluding hydrogens is 451 g/mol. The average Bonchev–Trinajstić information content (AvgIpc) is 2.79. The highest BCUT2D eigenvalue weighted by Crippen LogP contribution is 2.29. The molecule has 1 aliphatic heterocycles. The number of ether oxygens (including phenoxy) is 2. The zero-order valence-electron chi connectivity index (χ0n) is 18.2. The van der Waals surface area contributed by atoms with E-state index in [2.05, 4.69) is 5.32 Å². The number of nitrogens with two attached hydrogens (primary N) is 2. The van der Waals surface area contributed by atoms with Crippen LogP contribution in [0.15, 0.2) is 36.4 Å². The van der Waals surface area contributed by atoms with E-state index in [4.69, 9.17) is 44.1 Å². The van der Waals surface area contributed by atoms with E-state index in [9.17, 15) is 4.79 Å². The summed E-state index contributed by atoms with van der Waals surface area (Å²) < 4.78 is 11.3. The maximum absolute atomic E-state index is 12.7. The second-order valence-electron chi connectivity index (χ2n) is 7.88. The van der Waals surface area contributed by atoms with Crippen LogP contribution in [0.2, 0.25) is 10.0 Å². The van der Waals surface area contributed by atoms with Crippen LogP contribution in [0, 0.1) is 5.92 Å². The quantitative estimate of drug-likeness (QED) is 0.475. The van der Waals surface area contributed by atoms with Gasteiger partial charge in [-0.1, -0.05) is 29.3 Å². The number of likely N-dealkylation sites (tertiary alicyclic amines) is 1. The zero-order chi connectivity index (χ0) is 23.1. The van der Waals surface area contributed by atoms with Crippen LogP contribution in [0.3, 0.4) is 0 Å². The van der Waals surface area contributed by atoms with Crippen molar-refractivity contribution in [3.05, 3.63) is 57.6 Å². The summed E-state index contributed by atoms with van der Waals surface area (Å²) in [7, 11) is 1.57. The van der Waals surface area contributed by atoms with Gasteiger partial charge in [-0.05, 0) is 54.7 Å². The van der Waals surface area contributed by atoms with Crippen molar-refractivity contribution >= 4 is 29.1 Å². The number of carbonyl (C=O) groups is 1. The SMILES string of the molecule is COc1ccc(C(=O)NCC2CCN(C(N)N)CC2)cc1OCCc1ccc(Cl)cc1Cl. The lowest BCUT2D eigenvalue weighted by molar-refractivity contribution is 0.0925. The van der Waals surface area contributed by atoms with Gasteiger partial charge in [-0.2, -0.15) is 0 Å². The first-order valence-corrected chi connectivity index (χ1v) is 11.4. The smallest absolute Gasteiger partial charge is 0.251 e. The number of nitrogens with one attached hydrogen (secondary N) is 1. The monoisotopic (exact) mass is 480 g/mol. The fourth-order valence-electron chi connectivity index (χ4n) is 3.72. The maximum atomic E-state index is 12.7. The third kappa shape index (κ3) is 6.73. The van der Waals surface area contributed by atoms with Gasteiger partial charge in [-0.15, -0.1) is 0 Å². The Morgan fingerprint density at radius 3 is 2.56 bits per heavy atom. The Morgan fingerprint density at radius 2 is 1.91 bits per heavy atom. The van der Waals surface area contributed by atoms with Crippen molar-refractivity contribution in [2.75, 3.05) is 33.4 Å². The Kier molecular flexibility index (Phi) is 9.02. The normalized spacial score (nSPS) is 15.1. The van der Waals surface area contributed by atoms with E-state index in [0.29, 0.717) is 52.6 Å². The lowest BCUT2D eigenvalue weighted by Crippen LogP contribution is -2.52. The zero-order valence-corrected chi connectivity index (χ0v) is 19.7. The number of hydrogen-bond acceptors (Lipinski definition) is 6. The van der Waals surface area contributed by atoms with Crippen LogP contribution in [0.4, 0.5) is 0 Å². The van der Waals surface area contributed by atoms with E-state index >= 15 is 0 Å². The van der Waals surface area contributed by atoms with Crippen LogP contribution in [0.1, 0.15) is 28.8 Å². The number of hydrogen-bond donors (Lipinski definition) is 3. The highest BCUT2D eigenvalue weighted by Gasteiger charge is 2.22. The Morgan fingerprint density at radius 1 is 1.16 bits per heavy atom. The molecular formula is C23H30Cl2N4O3.